The average Bonchev–Trinajstić information content (AvgIpc) is 3.09. The third kappa shape index (κ3) is 6.67. The van der Waals surface area contributed by atoms with E-state index in [9.17, 15) is 24.1 Å². The van der Waals surface area contributed by atoms with Gasteiger partial charge in [0.15, 0.2) is 12.4 Å². The maximum absolute atomic E-state index is 15.1. The number of nitrogens with one attached hydrogen (secondary N) is 2. The third-order valence-electron chi connectivity index (χ3n) is 5.17. The molecule has 15 nitrogen and oxygen atoms in total. The Morgan fingerprint density at radius 1 is 1.34 bits per heavy atom. The summed E-state index contributed by atoms with van der Waals surface area (Å²) in [7, 11) is -4.53. The Morgan fingerprint density at radius 2 is 2.03 bits per heavy atom. The molecule has 0 bridgehead atoms. The Balaban J connectivity index is 1.91. The third-order valence-corrected chi connectivity index (χ3v) is 6.79. The standard InChI is InChI=1S/C21H26FN6O9P/c1-12(2)35-19(31)13(3)25-38(33,37-14-7-5-4-6-8-14)34-11-21(26-27-23)17(30)16(22)18(36-21)28-10-9-15(29)24-20(28)32/h4-10,12-13,16-18,30H,11H2,1-3H3,(H,25,33)(H,24,29,32)/t13?,16-,17+,18-,21-,38?/m1/s1. The number of aliphatic hydroxyl groups is 1. The molecule has 1 saturated heterocycles. The molecule has 1 aliphatic heterocycles. The number of benzene rings is 1. The van der Waals surface area contributed by atoms with Crippen molar-refractivity contribution in [2.45, 2.75) is 57.1 Å². The van der Waals surface area contributed by atoms with Crippen LogP contribution < -0.4 is 20.9 Å². The fourth-order valence-electron chi connectivity index (χ4n) is 3.40. The van der Waals surface area contributed by atoms with Crippen molar-refractivity contribution in [3.63, 3.8) is 0 Å². The summed E-state index contributed by atoms with van der Waals surface area (Å²) in [5, 5.41) is 16.3. The Morgan fingerprint density at radius 3 is 2.63 bits per heavy atom. The minimum atomic E-state index is -4.53. The van der Waals surface area contributed by atoms with Crippen molar-refractivity contribution in [2.75, 3.05) is 6.61 Å². The molecule has 17 heteroatoms. The van der Waals surface area contributed by atoms with Crippen LogP contribution in [0.4, 0.5) is 4.39 Å². The highest BCUT2D eigenvalue weighted by molar-refractivity contribution is 7.52. The monoisotopic (exact) mass is 556 g/mol. The van der Waals surface area contributed by atoms with Gasteiger partial charge in [0.1, 0.15) is 17.9 Å². The maximum Gasteiger partial charge on any atom is 0.459 e. The number of hydrogen-bond acceptors (Lipinski definition) is 10. The minimum Gasteiger partial charge on any atom is -0.462 e. The van der Waals surface area contributed by atoms with E-state index in [1.807, 2.05) is 4.98 Å². The van der Waals surface area contributed by atoms with E-state index in [1.165, 1.54) is 19.1 Å². The van der Waals surface area contributed by atoms with Crippen LogP contribution in [0.25, 0.3) is 10.4 Å². The fourth-order valence-corrected chi connectivity index (χ4v) is 4.92. The first-order valence-corrected chi connectivity index (χ1v) is 12.8. The van der Waals surface area contributed by atoms with Crippen LogP contribution in [-0.2, 0) is 23.4 Å². The van der Waals surface area contributed by atoms with Crippen LogP contribution in [0.2, 0.25) is 0 Å². The molecule has 3 rings (SSSR count). The van der Waals surface area contributed by atoms with Crippen molar-refractivity contribution >= 4 is 13.7 Å². The number of halogens is 1. The molecule has 6 atom stereocenters. The van der Waals surface area contributed by atoms with Crippen LogP contribution in [0, 0.1) is 0 Å². The molecule has 0 amide bonds. The lowest BCUT2D eigenvalue weighted by molar-refractivity contribution is -0.149. The fraction of sp³-hybridized carbons (Fsp3) is 0.476. The summed E-state index contributed by atoms with van der Waals surface area (Å²) in [5.41, 5.74) is 4.75. The van der Waals surface area contributed by atoms with Gasteiger partial charge in [-0.15, -0.1) is 0 Å². The lowest BCUT2D eigenvalue weighted by atomic mass is 10.1. The zero-order valence-corrected chi connectivity index (χ0v) is 21.4. The van der Waals surface area contributed by atoms with Gasteiger partial charge in [-0.2, -0.15) is 5.09 Å². The van der Waals surface area contributed by atoms with E-state index in [4.69, 9.17) is 24.1 Å². The normalized spacial score (nSPS) is 25.3. The highest BCUT2D eigenvalue weighted by Crippen LogP contribution is 2.48. The molecule has 0 saturated carbocycles. The topological polar surface area (TPSA) is 207 Å². The van der Waals surface area contributed by atoms with Gasteiger partial charge in [-0.25, -0.2) is 13.8 Å². The number of aliphatic hydroxyl groups excluding tert-OH is 1. The number of azide groups is 1. The minimum absolute atomic E-state index is 0.0551. The van der Waals surface area contributed by atoms with Crippen molar-refractivity contribution < 1.29 is 37.4 Å². The second-order valence-electron chi connectivity index (χ2n) is 8.46. The number of hydrogen-bond donors (Lipinski definition) is 3. The van der Waals surface area contributed by atoms with Gasteiger partial charge in [0, 0.05) is 17.2 Å². The summed E-state index contributed by atoms with van der Waals surface area (Å²) in [4.78, 5) is 40.3. The van der Waals surface area contributed by atoms with Crippen LogP contribution in [0.15, 0.2) is 57.3 Å². The van der Waals surface area contributed by atoms with E-state index < -0.39 is 67.9 Å². The Hall–Kier alpha value is -3.52. The lowest BCUT2D eigenvalue weighted by Crippen LogP contribution is -2.45. The highest BCUT2D eigenvalue weighted by atomic mass is 31.2. The number of nitrogens with zero attached hydrogens (tertiary/aromatic N) is 4. The van der Waals surface area contributed by atoms with E-state index in [2.05, 4.69) is 15.1 Å². The van der Waals surface area contributed by atoms with Gasteiger partial charge in [-0.1, -0.05) is 23.3 Å². The van der Waals surface area contributed by atoms with Gasteiger partial charge in [0.25, 0.3) is 5.56 Å². The largest absolute Gasteiger partial charge is 0.462 e. The Kier molecular flexibility index (Phi) is 9.09. The van der Waals surface area contributed by atoms with E-state index >= 15 is 4.39 Å². The van der Waals surface area contributed by atoms with Gasteiger partial charge in [0.05, 0.1) is 12.7 Å². The SMILES string of the molecule is CC(C)OC(=O)C(C)NP(=O)(OC[C@@]1(N=[N+]=[N-])O[C@@H](n2ccc(=O)[nH]c2=O)[C@H](F)[C@@H]1O)Oc1ccccc1. The average molecular weight is 556 g/mol. The number of ether oxygens (including phenoxy) is 2. The first kappa shape index (κ1) is 29.0. The number of aromatic amines is 1. The highest BCUT2D eigenvalue weighted by Gasteiger charge is 2.57. The smallest absolute Gasteiger partial charge is 0.459 e. The molecule has 1 aromatic carbocycles. The predicted molar refractivity (Wildman–Crippen MR) is 129 cm³/mol. The second-order valence-corrected chi connectivity index (χ2v) is 10.2. The summed E-state index contributed by atoms with van der Waals surface area (Å²) >= 11 is 0. The van der Waals surface area contributed by atoms with Gasteiger partial charge < -0.3 is 19.1 Å². The van der Waals surface area contributed by atoms with Crippen molar-refractivity contribution in [3.05, 3.63) is 73.9 Å². The van der Waals surface area contributed by atoms with Crippen LogP contribution in [0.3, 0.4) is 0 Å². The second kappa shape index (κ2) is 11.9. The molecule has 1 aromatic heterocycles. The van der Waals surface area contributed by atoms with Crippen molar-refractivity contribution in [3.8, 4) is 5.75 Å². The number of para-hydroxylation sites is 1. The first-order valence-electron chi connectivity index (χ1n) is 11.2. The van der Waals surface area contributed by atoms with Crippen LogP contribution >= 0.6 is 7.75 Å². The Labute approximate surface area is 214 Å². The molecule has 3 N–H and O–H groups in total. The number of aromatic nitrogens is 2. The van der Waals surface area contributed by atoms with Crippen molar-refractivity contribution in [1.29, 1.82) is 0 Å². The molecule has 38 heavy (non-hydrogen) atoms. The number of H-pyrrole nitrogens is 1. The van der Waals surface area contributed by atoms with E-state index in [0.29, 0.717) is 4.57 Å². The van der Waals surface area contributed by atoms with Gasteiger partial charge >= 0.3 is 19.4 Å². The lowest BCUT2D eigenvalue weighted by Gasteiger charge is -2.29. The molecule has 0 aliphatic carbocycles. The number of carbonyl (C=O) groups is 1. The predicted octanol–water partition coefficient (Wildman–Crippen LogP) is 1.90. The summed E-state index contributed by atoms with van der Waals surface area (Å²) < 4.78 is 50.9. The van der Waals surface area contributed by atoms with E-state index in [0.717, 1.165) is 12.3 Å². The van der Waals surface area contributed by atoms with E-state index in [-0.39, 0.29) is 5.75 Å². The molecule has 2 unspecified atom stereocenters. The Bertz CT molecular complexity index is 1350. The van der Waals surface area contributed by atoms with Crippen LogP contribution in [-0.4, -0.2) is 57.4 Å². The molecule has 2 heterocycles. The maximum atomic E-state index is 15.1. The van der Waals surface area contributed by atoms with Gasteiger partial charge in [-0.3, -0.25) is 23.7 Å². The summed E-state index contributed by atoms with van der Waals surface area (Å²) in [6.45, 7) is 3.51. The van der Waals surface area contributed by atoms with Gasteiger partial charge in [0.2, 0.25) is 5.72 Å². The quantitative estimate of drug-likeness (QED) is 0.120. The molecule has 206 valence electrons. The van der Waals surface area contributed by atoms with E-state index in [1.54, 1.807) is 32.0 Å². The molecular weight excluding hydrogens is 530 g/mol. The molecule has 1 fully saturated rings. The molecule has 1 aliphatic rings. The van der Waals surface area contributed by atoms with Crippen LogP contribution in [0.5, 0.6) is 5.75 Å². The molecular formula is C21H26FN6O9P. The summed E-state index contributed by atoms with van der Waals surface area (Å²) in [6, 6.07) is 7.37. The zero-order valence-electron chi connectivity index (χ0n) is 20.5. The van der Waals surface area contributed by atoms with Crippen LogP contribution in [0.1, 0.15) is 27.0 Å². The molecule has 0 spiro atoms. The molecule has 2 aromatic rings. The number of carbonyl (C=O) groups excluding carboxylic acids is 1. The zero-order chi connectivity index (χ0) is 28.1. The summed E-state index contributed by atoms with van der Waals surface area (Å²) in [5.74, 6) is -0.733. The molecule has 0 radical (unpaired) electrons. The summed E-state index contributed by atoms with van der Waals surface area (Å²) in [6.07, 6.45) is -5.98. The number of esters is 1. The van der Waals surface area contributed by atoms with Crippen molar-refractivity contribution in [2.24, 2.45) is 5.11 Å². The first-order chi connectivity index (χ1) is 17.9. The van der Waals surface area contributed by atoms with Crippen molar-refractivity contribution in [1.82, 2.24) is 14.6 Å². The number of rotatable bonds is 11. The number of alkyl halides is 1. The van der Waals surface area contributed by atoms with Gasteiger partial charge in [-0.05, 0) is 38.4 Å².